The summed E-state index contributed by atoms with van der Waals surface area (Å²) in [7, 11) is 0. The van der Waals surface area contributed by atoms with Crippen molar-refractivity contribution in [1.82, 2.24) is 0 Å². The Labute approximate surface area is 98.2 Å². The predicted octanol–water partition coefficient (Wildman–Crippen LogP) is 2.85. The third-order valence-corrected chi connectivity index (χ3v) is 5.12. The van der Waals surface area contributed by atoms with Gasteiger partial charge in [0.25, 0.3) is 0 Å². The van der Waals surface area contributed by atoms with Gasteiger partial charge in [-0.3, -0.25) is 4.79 Å². The molecule has 14 heavy (non-hydrogen) atoms. The molecule has 0 radical (unpaired) electrons. The van der Waals surface area contributed by atoms with Gasteiger partial charge in [0.1, 0.15) is 9.53 Å². The second-order valence-corrected chi connectivity index (χ2v) is 5.77. The van der Waals surface area contributed by atoms with E-state index in [1.165, 1.54) is 5.57 Å². The molecule has 0 saturated carbocycles. The molecule has 1 spiro atoms. The molecule has 1 saturated heterocycles. The zero-order valence-electron chi connectivity index (χ0n) is 8.55. The van der Waals surface area contributed by atoms with Crippen LogP contribution in [0.5, 0.6) is 0 Å². The number of halogens is 1. The van der Waals surface area contributed by atoms with Crippen LogP contribution in [0.1, 0.15) is 33.1 Å². The average molecular weight is 306 g/mol. The minimum Gasteiger partial charge on any atom is -0.458 e. The van der Waals surface area contributed by atoms with E-state index < -0.39 is 0 Å². The molecule has 0 bridgehead atoms. The van der Waals surface area contributed by atoms with Gasteiger partial charge in [0, 0.05) is 12.3 Å². The fourth-order valence-electron chi connectivity index (χ4n) is 2.29. The molecule has 1 fully saturated rings. The number of carbonyl (C=O) groups is 1. The molecular formula is C11H15IO2. The van der Waals surface area contributed by atoms with Gasteiger partial charge in [-0.25, -0.2) is 0 Å². The Morgan fingerprint density at radius 2 is 2.36 bits per heavy atom. The van der Waals surface area contributed by atoms with Gasteiger partial charge < -0.3 is 4.74 Å². The van der Waals surface area contributed by atoms with E-state index >= 15 is 0 Å². The average Bonchev–Trinajstić information content (AvgIpc) is 2.37. The largest absolute Gasteiger partial charge is 0.458 e. The standard InChI is InChI=1S/C11H15IO2/c1-7-3-5-11(6-4-7)8(2)9(12)10(13)14-11/h3,8-9H,4-6H2,1-2H3. The summed E-state index contributed by atoms with van der Waals surface area (Å²) in [5, 5.41) is 0. The maximum atomic E-state index is 11.5. The van der Waals surface area contributed by atoms with E-state index in [-0.39, 0.29) is 15.5 Å². The molecule has 2 aliphatic rings. The highest BCUT2D eigenvalue weighted by atomic mass is 127. The molecule has 2 rings (SSSR count). The van der Waals surface area contributed by atoms with Crippen LogP contribution in [0.2, 0.25) is 0 Å². The molecule has 0 N–H and O–H groups in total. The number of hydrogen-bond donors (Lipinski definition) is 0. The molecule has 78 valence electrons. The van der Waals surface area contributed by atoms with E-state index in [9.17, 15) is 4.79 Å². The number of carbonyl (C=O) groups excluding carboxylic acids is 1. The Balaban J connectivity index is 2.22. The van der Waals surface area contributed by atoms with Gasteiger partial charge in [-0.05, 0) is 19.8 Å². The predicted molar refractivity (Wildman–Crippen MR) is 63.4 cm³/mol. The number of rotatable bonds is 0. The maximum absolute atomic E-state index is 11.5. The minimum atomic E-state index is -0.178. The van der Waals surface area contributed by atoms with Gasteiger partial charge in [0.05, 0.1) is 0 Å². The molecule has 1 heterocycles. The van der Waals surface area contributed by atoms with Crippen LogP contribution >= 0.6 is 22.6 Å². The van der Waals surface area contributed by atoms with Crippen LogP contribution in [-0.4, -0.2) is 15.5 Å². The van der Waals surface area contributed by atoms with Crippen LogP contribution in [-0.2, 0) is 9.53 Å². The zero-order valence-corrected chi connectivity index (χ0v) is 10.7. The van der Waals surface area contributed by atoms with Crippen LogP contribution < -0.4 is 0 Å². The summed E-state index contributed by atoms with van der Waals surface area (Å²) in [5.41, 5.74) is 1.25. The maximum Gasteiger partial charge on any atom is 0.319 e. The molecule has 0 aromatic carbocycles. The smallest absolute Gasteiger partial charge is 0.319 e. The van der Waals surface area contributed by atoms with E-state index in [0.717, 1.165) is 19.3 Å². The van der Waals surface area contributed by atoms with Crippen molar-refractivity contribution in [3.8, 4) is 0 Å². The molecule has 3 atom stereocenters. The molecule has 3 heteroatoms. The molecule has 0 aromatic rings. The highest BCUT2D eigenvalue weighted by Crippen LogP contribution is 2.45. The molecule has 0 aromatic heterocycles. The third kappa shape index (κ3) is 1.49. The van der Waals surface area contributed by atoms with Crippen LogP contribution in [0.25, 0.3) is 0 Å². The van der Waals surface area contributed by atoms with Gasteiger partial charge in [-0.1, -0.05) is 41.2 Å². The highest BCUT2D eigenvalue weighted by Gasteiger charge is 2.51. The summed E-state index contributed by atoms with van der Waals surface area (Å²) in [5.74, 6) is 0.325. The monoisotopic (exact) mass is 306 g/mol. The van der Waals surface area contributed by atoms with Crippen LogP contribution in [0.4, 0.5) is 0 Å². The van der Waals surface area contributed by atoms with Crippen molar-refractivity contribution < 1.29 is 9.53 Å². The molecular weight excluding hydrogens is 291 g/mol. The van der Waals surface area contributed by atoms with Gasteiger partial charge in [0.15, 0.2) is 0 Å². The van der Waals surface area contributed by atoms with Crippen LogP contribution in [0.15, 0.2) is 11.6 Å². The topological polar surface area (TPSA) is 26.3 Å². The second kappa shape index (κ2) is 3.51. The van der Waals surface area contributed by atoms with Crippen molar-refractivity contribution in [2.24, 2.45) is 5.92 Å². The summed E-state index contributed by atoms with van der Waals surface area (Å²) in [4.78, 5) is 11.5. The molecule has 0 amide bonds. The Morgan fingerprint density at radius 3 is 2.79 bits per heavy atom. The van der Waals surface area contributed by atoms with E-state index in [1.54, 1.807) is 0 Å². The van der Waals surface area contributed by atoms with Crippen molar-refractivity contribution >= 4 is 28.6 Å². The van der Waals surface area contributed by atoms with Crippen LogP contribution in [0, 0.1) is 5.92 Å². The molecule has 3 unspecified atom stereocenters. The lowest BCUT2D eigenvalue weighted by atomic mass is 9.78. The number of alkyl halides is 1. The van der Waals surface area contributed by atoms with Crippen molar-refractivity contribution in [1.29, 1.82) is 0 Å². The Kier molecular flexibility index (Phi) is 2.62. The SMILES string of the molecule is CC1=CCC2(CC1)OC(=O)C(I)C2C. The molecule has 2 nitrogen and oxygen atoms in total. The van der Waals surface area contributed by atoms with E-state index in [1.807, 2.05) is 0 Å². The van der Waals surface area contributed by atoms with Gasteiger partial charge in [0.2, 0.25) is 0 Å². The van der Waals surface area contributed by atoms with Gasteiger partial charge in [-0.15, -0.1) is 0 Å². The van der Waals surface area contributed by atoms with Crippen molar-refractivity contribution in [2.45, 2.75) is 42.6 Å². The van der Waals surface area contributed by atoms with Crippen molar-refractivity contribution in [3.05, 3.63) is 11.6 Å². The fourth-order valence-corrected chi connectivity index (χ4v) is 3.07. The summed E-state index contributed by atoms with van der Waals surface area (Å²) < 4.78 is 5.61. The zero-order chi connectivity index (χ0) is 10.3. The van der Waals surface area contributed by atoms with E-state index in [4.69, 9.17) is 4.74 Å². The summed E-state index contributed by atoms with van der Waals surface area (Å²) in [6.07, 6.45) is 5.20. The second-order valence-electron chi connectivity index (χ2n) is 4.43. The Bertz CT molecular complexity index is 298. The number of allylic oxidation sites excluding steroid dienone is 1. The lowest BCUT2D eigenvalue weighted by Crippen LogP contribution is -2.36. The highest BCUT2D eigenvalue weighted by molar-refractivity contribution is 14.1. The minimum absolute atomic E-state index is 0.0222. The van der Waals surface area contributed by atoms with Gasteiger partial charge in [-0.2, -0.15) is 0 Å². The Hall–Kier alpha value is -0.0600. The first-order chi connectivity index (χ1) is 6.55. The fraction of sp³-hybridized carbons (Fsp3) is 0.727. The van der Waals surface area contributed by atoms with E-state index in [2.05, 4.69) is 42.5 Å². The van der Waals surface area contributed by atoms with Crippen molar-refractivity contribution in [2.75, 3.05) is 0 Å². The molecule has 1 aliphatic carbocycles. The first-order valence-corrected chi connectivity index (χ1v) is 6.32. The third-order valence-electron chi connectivity index (χ3n) is 3.54. The number of ether oxygens (including phenoxy) is 1. The van der Waals surface area contributed by atoms with Crippen molar-refractivity contribution in [3.63, 3.8) is 0 Å². The first-order valence-electron chi connectivity index (χ1n) is 5.08. The van der Waals surface area contributed by atoms with Gasteiger partial charge >= 0.3 is 5.97 Å². The van der Waals surface area contributed by atoms with Crippen LogP contribution in [0.3, 0.4) is 0 Å². The first kappa shape index (κ1) is 10.5. The number of hydrogen-bond acceptors (Lipinski definition) is 2. The Morgan fingerprint density at radius 1 is 1.64 bits per heavy atom. The summed E-state index contributed by atoms with van der Waals surface area (Å²) >= 11 is 2.21. The number of esters is 1. The normalized spacial score (nSPS) is 42.5. The van der Waals surface area contributed by atoms with E-state index in [0.29, 0.717) is 5.92 Å². The quantitative estimate of drug-likeness (QED) is 0.298. The summed E-state index contributed by atoms with van der Waals surface area (Å²) in [6, 6.07) is 0. The summed E-state index contributed by atoms with van der Waals surface area (Å²) in [6.45, 7) is 4.28. The lowest BCUT2D eigenvalue weighted by molar-refractivity contribution is -0.149. The molecule has 1 aliphatic heterocycles. The lowest BCUT2D eigenvalue weighted by Gasteiger charge is -2.34.